The van der Waals surface area contributed by atoms with E-state index >= 15 is 0 Å². The summed E-state index contributed by atoms with van der Waals surface area (Å²) < 4.78 is 5.05. The van der Waals surface area contributed by atoms with Crippen molar-refractivity contribution in [1.82, 2.24) is 0 Å². The standard InChI is InChI=1S/C17H14ClN3O3/c1-24-15-7-6-13(10-14(15)18)21-17(23)11-2-4-12(5-3-11)20-16(22)8-9-19/h2-7,10H,8H2,1H3,(H,20,22)(H,21,23). The van der Waals surface area contributed by atoms with Crippen LogP contribution < -0.4 is 15.4 Å². The van der Waals surface area contributed by atoms with Crippen LogP contribution in [-0.4, -0.2) is 18.9 Å². The molecule has 6 nitrogen and oxygen atoms in total. The molecule has 2 rings (SSSR count). The van der Waals surface area contributed by atoms with E-state index in [0.29, 0.717) is 27.7 Å². The summed E-state index contributed by atoms with van der Waals surface area (Å²) in [6.07, 6.45) is -0.222. The fourth-order valence-electron chi connectivity index (χ4n) is 1.93. The fraction of sp³-hybridized carbons (Fsp3) is 0.118. The molecule has 0 atom stereocenters. The Balaban J connectivity index is 2.03. The third-order valence-corrected chi connectivity index (χ3v) is 3.38. The first-order valence-electron chi connectivity index (χ1n) is 6.95. The van der Waals surface area contributed by atoms with Crippen LogP contribution in [0.2, 0.25) is 5.02 Å². The van der Waals surface area contributed by atoms with E-state index in [4.69, 9.17) is 21.6 Å². The number of ether oxygens (including phenoxy) is 1. The predicted octanol–water partition coefficient (Wildman–Crippen LogP) is 3.45. The van der Waals surface area contributed by atoms with Crippen molar-refractivity contribution in [1.29, 1.82) is 5.26 Å². The minimum Gasteiger partial charge on any atom is -0.495 e. The summed E-state index contributed by atoms with van der Waals surface area (Å²) in [6.45, 7) is 0. The first-order chi connectivity index (χ1) is 11.5. The summed E-state index contributed by atoms with van der Waals surface area (Å²) in [5.41, 5.74) is 1.47. The Morgan fingerprint density at radius 3 is 2.38 bits per heavy atom. The van der Waals surface area contributed by atoms with Crippen LogP contribution in [-0.2, 0) is 4.79 Å². The number of amides is 2. The van der Waals surface area contributed by atoms with Crippen molar-refractivity contribution in [2.75, 3.05) is 17.7 Å². The second-order valence-electron chi connectivity index (χ2n) is 4.76. The van der Waals surface area contributed by atoms with Gasteiger partial charge in [-0.15, -0.1) is 0 Å². The first kappa shape index (κ1) is 17.3. The maximum atomic E-state index is 12.2. The molecule has 2 amide bonds. The van der Waals surface area contributed by atoms with Crippen LogP contribution >= 0.6 is 11.6 Å². The Bertz CT molecular complexity index is 798. The smallest absolute Gasteiger partial charge is 0.255 e. The van der Waals surface area contributed by atoms with Gasteiger partial charge in [-0.2, -0.15) is 5.26 Å². The van der Waals surface area contributed by atoms with Gasteiger partial charge in [-0.3, -0.25) is 9.59 Å². The van der Waals surface area contributed by atoms with Gasteiger partial charge in [0.15, 0.2) is 0 Å². The fourth-order valence-corrected chi connectivity index (χ4v) is 2.19. The highest BCUT2D eigenvalue weighted by Crippen LogP contribution is 2.27. The van der Waals surface area contributed by atoms with E-state index < -0.39 is 5.91 Å². The molecule has 0 saturated carbocycles. The normalized spacial score (nSPS) is 9.71. The molecule has 0 aliphatic heterocycles. The molecule has 0 aliphatic rings. The Kier molecular flexibility index (Phi) is 5.77. The zero-order valence-electron chi connectivity index (χ0n) is 12.8. The summed E-state index contributed by atoms with van der Waals surface area (Å²) in [6, 6.07) is 13.0. The number of benzene rings is 2. The molecule has 0 heterocycles. The molecule has 122 valence electrons. The van der Waals surface area contributed by atoms with E-state index in [0.717, 1.165) is 0 Å². The Labute approximate surface area is 144 Å². The highest BCUT2D eigenvalue weighted by atomic mass is 35.5. The number of carbonyl (C=O) groups is 2. The monoisotopic (exact) mass is 343 g/mol. The second kappa shape index (κ2) is 7.99. The van der Waals surface area contributed by atoms with Crippen molar-refractivity contribution >= 4 is 34.8 Å². The molecule has 0 bridgehead atoms. The Morgan fingerprint density at radius 1 is 1.12 bits per heavy atom. The lowest BCUT2D eigenvalue weighted by atomic mass is 10.2. The van der Waals surface area contributed by atoms with Crippen molar-refractivity contribution in [2.45, 2.75) is 6.42 Å². The lowest BCUT2D eigenvalue weighted by Gasteiger charge is -2.09. The number of hydrogen-bond donors (Lipinski definition) is 2. The SMILES string of the molecule is COc1ccc(NC(=O)c2ccc(NC(=O)CC#N)cc2)cc1Cl. The van der Waals surface area contributed by atoms with E-state index in [1.807, 2.05) is 0 Å². The van der Waals surface area contributed by atoms with E-state index in [-0.39, 0.29) is 12.3 Å². The molecule has 2 aromatic rings. The summed E-state index contributed by atoms with van der Waals surface area (Å²) in [7, 11) is 1.51. The summed E-state index contributed by atoms with van der Waals surface area (Å²) in [5.74, 6) is -0.194. The number of carbonyl (C=O) groups excluding carboxylic acids is 2. The van der Waals surface area contributed by atoms with Crippen LogP contribution in [0, 0.1) is 11.3 Å². The summed E-state index contributed by atoms with van der Waals surface area (Å²) in [4.78, 5) is 23.5. The van der Waals surface area contributed by atoms with Gasteiger partial charge in [-0.1, -0.05) is 11.6 Å². The number of nitrogens with zero attached hydrogens (tertiary/aromatic N) is 1. The van der Waals surface area contributed by atoms with E-state index in [1.54, 1.807) is 48.5 Å². The van der Waals surface area contributed by atoms with Crippen LogP contribution in [0.4, 0.5) is 11.4 Å². The van der Waals surface area contributed by atoms with Gasteiger partial charge in [0.1, 0.15) is 12.2 Å². The van der Waals surface area contributed by atoms with Gasteiger partial charge in [0, 0.05) is 16.9 Å². The van der Waals surface area contributed by atoms with Crippen molar-refractivity contribution in [3.63, 3.8) is 0 Å². The number of nitriles is 1. The average Bonchev–Trinajstić information content (AvgIpc) is 2.56. The molecule has 0 aliphatic carbocycles. The number of halogens is 1. The third kappa shape index (κ3) is 4.48. The van der Waals surface area contributed by atoms with Crippen molar-refractivity contribution < 1.29 is 14.3 Å². The van der Waals surface area contributed by atoms with Gasteiger partial charge in [-0.25, -0.2) is 0 Å². The number of methoxy groups -OCH3 is 1. The van der Waals surface area contributed by atoms with Crippen molar-refractivity contribution in [2.24, 2.45) is 0 Å². The lowest BCUT2D eigenvalue weighted by molar-refractivity contribution is -0.115. The number of anilines is 2. The van der Waals surface area contributed by atoms with Crippen LogP contribution in [0.1, 0.15) is 16.8 Å². The van der Waals surface area contributed by atoms with Crippen LogP contribution in [0.3, 0.4) is 0 Å². The van der Waals surface area contributed by atoms with Gasteiger partial charge >= 0.3 is 0 Å². The summed E-state index contributed by atoms with van der Waals surface area (Å²) in [5, 5.41) is 14.1. The molecule has 7 heteroatoms. The van der Waals surface area contributed by atoms with Gasteiger partial charge < -0.3 is 15.4 Å². The average molecular weight is 344 g/mol. The zero-order chi connectivity index (χ0) is 17.5. The predicted molar refractivity (Wildman–Crippen MR) is 91.3 cm³/mol. The largest absolute Gasteiger partial charge is 0.495 e. The maximum absolute atomic E-state index is 12.2. The molecule has 0 saturated heterocycles. The van der Waals surface area contributed by atoms with Crippen LogP contribution in [0.25, 0.3) is 0 Å². The van der Waals surface area contributed by atoms with Gasteiger partial charge in [-0.05, 0) is 42.5 Å². The molecule has 0 unspecified atom stereocenters. The highest BCUT2D eigenvalue weighted by molar-refractivity contribution is 6.32. The molecule has 2 N–H and O–H groups in total. The maximum Gasteiger partial charge on any atom is 0.255 e. The number of nitrogens with one attached hydrogen (secondary N) is 2. The quantitative estimate of drug-likeness (QED) is 0.869. The Hall–Kier alpha value is -3.04. The van der Waals surface area contributed by atoms with Gasteiger partial charge in [0.05, 0.1) is 18.2 Å². The van der Waals surface area contributed by atoms with E-state index in [1.165, 1.54) is 7.11 Å². The first-order valence-corrected chi connectivity index (χ1v) is 7.33. The summed E-state index contributed by atoms with van der Waals surface area (Å²) >= 11 is 6.01. The minimum absolute atomic E-state index is 0.222. The topological polar surface area (TPSA) is 91.2 Å². The van der Waals surface area contributed by atoms with E-state index in [9.17, 15) is 9.59 Å². The minimum atomic E-state index is -0.400. The number of hydrogen-bond acceptors (Lipinski definition) is 4. The molecular weight excluding hydrogens is 330 g/mol. The van der Waals surface area contributed by atoms with Gasteiger partial charge in [0.2, 0.25) is 5.91 Å². The molecule has 0 aromatic heterocycles. The molecule has 2 aromatic carbocycles. The number of rotatable bonds is 5. The van der Waals surface area contributed by atoms with Crippen molar-refractivity contribution in [3.8, 4) is 11.8 Å². The second-order valence-corrected chi connectivity index (χ2v) is 5.17. The molecule has 0 spiro atoms. The highest BCUT2D eigenvalue weighted by Gasteiger charge is 2.09. The lowest BCUT2D eigenvalue weighted by Crippen LogP contribution is -2.13. The molecular formula is C17H14ClN3O3. The van der Waals surface area contributed by atoms with Crippen LogP contribution in [0.15, 0.2) is 42.5 Å². The Morgan fingerprint density at radius 2 is 1.79 bits per heavy atom. The van der Waals surface area contributed by atoms with Crippen molar-refractivity contribution in [3.05, 3.63) is 53.1 Å². The molecule has 0 radical (unpaired) electrons. The molecule has 0 fully saturated rings. The molecule has 24 heavy (non-hydrogen) atoms. The van der Waals surface area contributed by atoms with Crippen LogP contribution in [0.5, 0.6) is 5.75 Å². The third-order valence-electron chi connectivity index (χ3n) is 3.08. The zero-order valence-corrected chi connectivity index (χ0v) is 13.6. The van der Waals surface area contributed by atoms with E-state index in [2.05, 4.69) is 10.6 Å². The van der Waals surface area contributed by atoms with Gasteiger partial charge in [0.25, 0.3) is 5.91 Å².